The fourth-order valence-corrected chi connectivity index (χ4v) is 5.33. The van der Waals surface area contributed by atoms with Crippen molar-refractivity contribution in [3.63, 3.8) is 0 Å². The van der Waals surface area contributed by atoms with Crippen LogP contribution in [0.5, 0.6) is 5.75 Å². The number of fused-ring (bicyclic) bond motifs is 2. The molecule has 2 heterocycles. The minimum atomic E-state index is -0.667. The standard InChI is InChI=1S/C29H23ClN2O4/c1-35-19-9-6-16(7-10-19)17-12-24-27(25(33)13-17)28(32-23-5-3-2-4-22(23)31-24)21-15-36-26-11-8-18(30)14-20(26)29(21)34/h2-11,14-15,17,28,31-32H,12-13H2,1H3. The molecule has 6 rings (SSSR count). The van der Waals surface area contributed by atoms with E-state index in [4.69, 9.17) is 20.8 Å². The number of Topliss-reactive ketones (excluding diaryl/α,β-unsaturated/α-hetero) is 1. The molecule has 1 aliphatic heterocycles. The monoisotopic (exact) mass is 498 g/mol. The number of carbonyl (C=O) groups is 1. The van der Waals surface area contributed by atoms with Crippen molar-refractivity contribution >= 4 is 39.7 Å². The maximum atomic E-state index is 13.7. The lowest BCUT2D eigenvalue weighted by Gasteiger charge is -2.29. The fraction of sp³-hybridized carbons (Fsp3) is 0.172. The average Bonchev–Trinajstić information content (AvgIpc) is 3.06. The maximum Gasteiger partial charge on any atom is 0.198 e. The second kappa shape index (κ2) is 8.88. The first-order valence-electron chi connectivity index (χ1n) is 11.8. The Morgan fingerprint density at radius 3 is 2.53 bits per heavy atom. The molecule has 0 saturated carbocycles. The van der Waals surface area contributed by atoms with Crippen molar-refractivity contribution in [1.29, 1.82) is 0 Å². The van der Waals surface area contributed by atoms with Gasteiger partial charge in [0.05, 0.1) is 35.5 Å². The van der Waals surface area contributed by atoms with Crippen molar-refractivity contribution in [1.82, 2.24) is 0 Å². The predicted molar refractivity (Wildman–Crippen MR) is 141 cm³/mol. The number of ether oxygens (including phenoxy) is 1. The third-order valence-corrected chi connectivity index (χ3v) is 7.20. The van der Waals surface area contributed by atoms with Crippen LogP contribution in [-0.4, -0.2) is 12.9 Å². The Labute approximate surface area is 212 Å². The molecule has 180 valence electrons. The van der Waals surface area contributed by atoms with Crippen LogP contribution < -0.4 is 20.8 Å². The van der Waals surface area contributed by atoms with Gasteiger partial charge in [0, 0.05) is 22.7 Å². The molecule has 1 aliphatic carbocycles. The molecule has 0 bridgehead atoms. The maximum absolute atomic E-state index is 13.7. The Morgan fingerprint density at radius 2 is 1.75 bits per heavy atom. The summed E-state index contributed by atoms with van der Waals surface area (Å²) in [6.45, 7) is 0. The van der Waals surface area contributed by atoms with Gasteiger partial charge in [-0.2, -0.15) is 0 Å². The normalized spacial score (nSPS) is 19.1. The van der Waals surface area contributed by atoms with E-state index in [0.29, 0.717) is 40.0 Å². The third kappa shape index (κ3) is 3.84. The van der Waals surface area contributed by atoms with Crippen molar-refractivity contribution in [3.05, 3.63) is 111 Å². The molecule has 0 saturated heterocycles. The SMILES string of the molecule is COc1ccc(C2CC(=O)C3=C(C2)Nc2ccccc2NC3c2coc3ccc(Cl)cc3c2=O)cc1. The van der Waals surface area contributed by atoms with Gasteiger partial charge in [0.1, 0.15) is 17.6 Å². The molecule has 1 aromatic heterocycles. The van der Waals surface area contributed by atoms with E-state index >= 15 is 0 Å². The molecule has 2 N–H and O–H groups in total. The number of anilines is 2. The van der Waals surface area contributed by atoms with Crippen LogP contribution in [0.2, 0.25) is 5.02 Å². The summed E-state index contributed by atoms with van der Waals surface area (Å²) in [6.07, 6.45) is 2.43. The van der Waals surface area contributed by atoms with E-state index in [2.05, 4.69) is 10.6 Å². The lowest BCUT2D eigenvalue weighted by molar-refractivity contribution is -0.116. The molecule has 6 nitrogen and oxygen atoms in total. The summed E-state index contributed by atoms with van der Waals surface area (Å²) >= 11 is 6.17. The second-order valence-corrected chi connectivity index (χ2v) is 9.54. The van der Waals surface area contributed by atoms with Gasteiger partial charge in [0.2, 0.25) is 0 Å². The van der Waals surface area contributed by atoms with Gasteiger partial charge in [-0.3, -0.25) is 9.59 Å². The van der Waals surface area contributed by atoms with Gasteiger partial charge in [0.25, 0.3) is 0 Å². The molecule has 4 aromatic rings. The van der Waals surface area contributed by atoms with E-state index in [-0.39, 0.29) is 17.1 Å². The number of hydrogen-bond donors (Lipinski definition) is 2. The Hall–Kier alpha value is -4.03. The van der Waals surface area contributed by atoms with Crippen molar-refractivity contribution in [2.24, 2.45) is 0 Å². The van der Waals surface area contributed by atoms with Gasteiger partial charge in [-0.25, -0.2) is 0 Å². The molecule has 2 aliphatic rings. The Kier molecular flexibility index (Phi) is 5.53. The summed E-state index contributed by atoms with van der Waals surface area (Å²) in [5, 5.41) is 7.77. The zero-order chi connectivity index (χ0) is 24.8. The molecule has 36 heavy (non-hydrogen) atoms. The zero-order valence-corrected chi connectivity index (χ0v) is 20.3. The highest BCUT2D eigenvalue weighted by Gasteiger charge is 2.37. The largest absolute Gasteiger partial charge is 0.497 e. The number of carbonyl (C=O) groups excluding carboxylic acids is 1. The molecular weight excluding hydrogens is 476 g/mol. The Balaban J connectivity index is 1.49. The number of halogens is 1. The van der Waals surface area contributed by atoms with E-state index in [1.165, 1.54) is 6.26 Å². The van der Waals surface area contributed by atoms with Crippen LogP contribution in [-0.2, 0) is 4.79 Å². The minimum Gasteiger partial charge on any atom is -0.497 e. The fourth-order valence-electron chi connectivity index (χ4n) is 5.15. The summed E-state index contributed by atoms with van der Waals surface area (Å²) < 4.78 is 11.1. The van der Waals surface area contributed by atoms with Gasteiger partial charge < -0.3 is 19.8 Å². The highest BCUT2D eigenvalue weighted by molar-refractivity contribution is 6.31. The summed E-state index contributed by atoms with van der Waals surface area (Å²) in [5.41, 5.74) is 4.69. The number of ketones is 1. The molecule has 0 amide bonds. The minimum absolute atomic E-state index is 0.00684. The van der Waals surface area contributed by atoms with Crippen molar-refractivity contribution in [2.45, 2.75) is 24.8 Å². The van der Waals surface area contributed by atoms with E-state index in [1.54, 1.807) is 25.3 Å². The van der Waals surface area contributed by atoms with Gasteiger partial charge in [-0.05, 0) is 60.4 Å². The topological polar surface area (TPSA) is 80.6 Å². The smallest absolute Gasteiger partial charge is 0.198 e. The zero-order valence-electron chi connectivity index (χ0n) is 19.5. The Morgan fingerprint density at radius 1 is 0.972 bits per heavy atom. The van der Waals surface area contributed by atoms with Crippen LogP contribution in [0.15, 0.2) is 93.5 Å². The van der Waals surface area contributed by atoms with Crippen LogP contribution in [0.4, 0.5) is 11.4 Å². The van der Waals surface area contributed by atoms with Crippen LogP contribution in [0.25, 0.3) is 11.0 Å². The van der Waals surface area contributed by atoms with E-state index in [0.717, 1.165) is 28.4 Å². The number of rotatable bonds is 3. The summed E-state index contributed by atoms with van der Waals surface area (Å²) in [4.78, 5) is 27.3. The van der Waals surface area contributed by atoms with Gasteiger partial charge in [-0.15, -0.1) is 0 Å². The molecule has 0 spiro atoms. The number of para-hydroxylation sites is 2. The summed E-state index contributed by atoms with van der Waals surface area (Å²) in [7, 11) is 1.63. The molecule has 2 unspecified atom stereocenters. The van der Waals surface area contributed by atoms with Crippen molar-refractivity contribution in [3.8, 4) is 5.75 Å². The molecule has 3 aromatic carbocycles. The number of nitrogens with one attached hydrogen (secondary N) is 2. The third-order valence-electron chi connectivity index (χ3n) is 6.97. The van der Waals surface area contributed by atoms with Crippen LogP contribution in [0.3, 0.4) is 0 Å². The quantitative estimate of drug-likeness (QED) is 0.338. The highest BCUT2D eigenvalue weighted by atomic mass is 35.5. The van der Waals surface area contributed by atoms with E-state index in [9.17, 15) is 9.59 Å². The summed E-state index contributed by atoms with van der Waals surface area (Å²) in [6, 6.07) is 19.9. The highest BCUT2D eigenvalue weighted by Crippen LogP contribution is 2.44. The first-order chi connectivity index (χ1) is 17.5. The van der Waals surface area contributed by atoms with E-state index < -0.39 is 6.04 Å². The predicted octanol–water partition coefficient (Wildman–Crippen LogP) is 6.43. The lowest BCUT2D eigenvalue weighted by atomic mass is 9.78. The second-order valence-electron chi connectivity index (χ2n) is 9.10. The van der Waals surface area contributed by atoms with Gasteiger partial charge in [-0.1, -0.05) is 35.9 Å². The number of methoxy groups -OCH3 is 1. The number of benzene rings is 3. The Bertz CT molecular complexity index is 1590. The molecule has 0 fully saturated rings. The van der Waals surface area contributed by atoms with Crippen molar-refractivity contribution in [2.75, 3.05) is 17.7 Å². The first-order valence-corrected chi connectivity index (χ1v) is 12.1. The van der Waals surface area contributed by atoms with E-state index in [1.807, 2.05) is 48.5 Å². The average molecular weight is 499 g/mol. The van der Waals surface area contributed by atoms with Gasteiger partial charge >= 0.3 is 0 Å². The van der Waals surface area contributed by atoms with Crippen LogP contribution in [0.1, 0.15) is 35.9 Å². The molecule has 0 radical (unpaired) electrons. The number of allylic oxidation sites excluding steroid dienone is 1. The molecule has 7 heteroatoms. The van der Waals surface area contributed by atoms with Crippen LogP contribution >= 0.6 is 11.6 Å². The van der Waals surface area contributed by atoms with Crippen LogP contribution in [0, 0.1) is 0 Å². The number of hydrogen-bond acceptors (Lipinski definition) is 6. The molecular formula is C29H23ClN2O4. The molecule has 2 atom stereocenters. The summed E-state index contributed by atoms with van der Waals surface area (Å²) in [5.74, 6) is 0.766. The van der Waals surface area contributed by atoms with Crippen molar-refractivity contribution < 1.29 is 13.9 Å². The first kappa shape index (κ1) is 22.4. The van der Waals surface area contributed by atoms with Gasteiger partial charge in [0.15, 0.2) is 11.2 Å². The lowest BCUT2D eigenvalue weighted by Crippen LogP contribution is -2.29.